The quantitative estimate of drug-likeness (QED) is 0.854. The van der Waals surface area contributed by atoms with E-state index in [4.69, 9.17) is 0 Å². The lowest BCUT2D eigenvalue weighted by Gasteiger charge is -2.32. The molecule has 120 valence electrons. The molecular formula is C19H23N3O. The number of aliphatic hydroxyl groups excluding tert-OH is 1. The summed E-state index contributed by atoms with van der Waals surface area (Å²) in [6.45, 7) is 0.866. The lowest BCUT2D eigenvalue weighted by Crippen LogP contribution is -2.34. The van der Waals surface area contributed by atoms with Gasteiger partial charge in [-0.3, -0.25) is 4.98 Å². The molecule has 0 aliphatic rings. The van der Waals surface area contributed by atoms with Crippen LogP contribution < -0.4 is 0 Å². The number of aliphatic hydroxyl groups is 1. The van der Waals surface area contributed by atoms with Gasteiger partial charge in [-0.05, 0) is 51.2 Å². The van der Waals surface area contributed by atoms with Gasteiger partial charge < -0.3 is 10.0 Å². The van der Waals surface area contributed by atoms with Crippen molar-refractivity contribution in [1.82, 2.24) is 9.88 Å². The van der Waals surface area contributed by atoms with E-state index in [1.165, 1.54) is 0 Å². The smallest absolute Gasteiger partial charge is 0.119 e. The molecule has 0 fully saturated rings. The summed E-state index contributed by atoms with van der Waals surface area (Å²) < 4.78 is 0. The summed E-state index contributed by atoms with van der Waals surface area (Å²) in [6.07, 6.45) is 2.08. The molecule has 0 aliphatic heterocycles. The van der Waals surface area contributed by atoms with Gasteiger partial charge in [-0.25, -0.2) is 0 Å². The van der Waals surface area contributed by atoms with E-state index in [1.54, 1.807) is 18.3 Å². The highest BCUT2D eigenvalue weighted by Crippen LogP contribution is 2.40. The lowest BCUT2D eigenvalue weighted by molar-refractivity contribution is 0.0980. The number of nitrogens with zero attached hydrogens (tertiary/aromatic N) is 3. The van der Waals surface area contributed by atoms with Crippen molar-refractivity contribution >= 4 is 0 Å². The average Bonchev–Trinajstić information content (AvgIpc) is 2.60. The Morgan fingerprint density at radius 1 is 1.17 bits per heavy atom. The van der Waals surface area contributed by atoms with E-state index in [-0.39, 0.29) is 0 Å². The van der Waals surface area contributed by atoms with Crippen molar-refractivity contribution in [3.05, 3.63) is 66.0 Å². The van der Waals surface area contributed by atoms with Gasteiger partial charge in [0, 0.05) is 6.20 Å². The Morgan fingerprint density at radius 2 is 1.87 bits per heavy atom. The van der Waals surface area contributed by atoms with Gasteiger partial charge >= 0.3 is 0 Å². The first-order valence-corrected chi connectivity index (χ1v) is 7.80. The average molecular weight is 309 g/mol. The molecule has 0 saturated carbocycles. The molecule has 0 saturated heterocycles. The largest absolute Gasteiger partial charge is 0.385 e. The van der Waals surface area contributed by atoms with Crippen molar-refractivity contribution < 1.29 is 5.11 Å². The van der Waals surface area contributed by atoms with Crippen LogP contribution in [0.3, 0.4) is 0 Å². The molecule has 4 nitrogen and oxygen atoms in total. The molecule has 2 atom stereocenters. The van der Waals surface area contributed by atoms with Crippen molar-refractivity contribution in [2.45, 2.75) is 24.4 Å². The SMILES string of the molecule is CN(C)CCCC(C#N)(c1ccccc1)C(O)c1ccccn1. The molecule has 1 aromatic carbocycles. The maximum Gasteiger partial charge on any atom is 0.119 e. The van der Waals surface area contributed by atoms with Crippen LogP contribution in [0.2, 0.25) is 0 Å². The van der Waals surface area contributed by atoms with Gasteiger partial charge in [0.2, 0.25) is 0 Å². The molecular weight excluding hydrogens is 286 g/mol. The van der Waals surface area contributed by atoms with Crippen LogP contribution in [0.25, 0.3) is 0 Å². The van der Waals surface area contributed by atoms with Gasteiger partial charge in [0.1, 0.15) is 11.5 Å². The van der Waals surface area contributed by atoms with Crippen LogP contribution in [0.1, 0.15) is 30.2 Å². The summed E-state index contributed by atoms with van der Waals surface area (Å²) in [7, 11) is 4.01. The van der Waals surface area contributed by atoms with E-state index >= 15 is 0 Å². The van der Waals surface area contributed by atoms with Gasteiger partial charge in [-0.15, -0.1) is 0 Å². The Balaban J connectivity index is 2.39. The van der Waals surface area contributed by atoms with Crippen molar-refractivity contribution in [2.75, 3.05) is 20.6 Å². The van der Waals surface area contributed by atoms with Crippen LogP contribution in [0.4, 0.5) is 0 Å². The van der Waals surface area contributed by atoms with E-state index in [1.807, 2.05) is 50.5 Å². The van der Waals surface area contributed by atoms with E-state index in [0.717, 1.165) is 18.5 Å². The molecule has 0 spiro atoms. The topological polar surface area (TPSA) is 60.2 Å². The highest BCUT2D eigenvalue weighted by molar-refractivity contribution is 5.36. The van der Waals surface area contributed by atoms with Crippen molar-refractivity contribution in [3.8, 4) is 6.07 Å². The van der Waals surface area contributed by atoms with Crippen molar-refractivity contribution in [3.63, 3.8) is 0 Å². The molecule has 2 unspecified atom stereocenters. The number of nitriles is 1. The third-order valence-electron chi connectivity index (χ3n) is 4.10. The van der Waals surface area contributed by atoms with E-state index in [9.17, 15) is 10.4 Å². The molecule has 0 amide bonds. The van der Waals surface area contributed by atoms with Crippen molar-refractivity contribution in [1.29, 1.82) is 5.26 Å². The second kappa shape index (κ2) is 7.87. The standard InChI is InChI=1S/C19H23N3O/c1-22(2)14-8-12-19(15-20,16-9-4-3-5-10-16)18(23)17-11-6-7-13-21-17/h3-7,9-11,13,18,23H,8,12,14H2,1-2H3. The Labute approximate surface area is 138 Å². The van der Waals surface area contributed by atoms with Crippen LogP contribution in [0, 0.1) is 11.3 Å². The first kappa shape index (κ1) is 17.1. The lowest BCUT2D eigenvalue weighted by atomic mass is 9.72. The third kappa shape index (κ3) is 3.95. The van der Waals surface area contributed by atoms with E-state index in [2.05, 4.69) is 16.0 Å². The van der Waals surface area contributed by atoms with E-state index in [0.29, 0.717) is 12.1 Å². The van der Waals surface area contributed by atoms with Gasteiger partial charge in [0.25, 0.3) is 0 Å². The summed E-state index contributed by atoms with van der Waals surface area (Å²) in [4.78, 5) is 6.33. The second-order valence-corrected chi connectivity index (χ2v) is 6.01. The summed E-state index contributed by atoms with van der Waals surface area (Å²) in [5.41, 5.74) is 0.369. The zero-order valence-electron chi connectivity index (χ0n) is 13.7. The Hall–Kier alpha value is -2.22. The molecule has 1 heterocycles. The molecule has 4 heteroatoms. The maximum absolute atomic E-state index is 11.0. The zero-order chi connectivity index (χ0) is 16.7. The molecule has 1 aromatic heterocycles. The molecule has 0 radical (unpaired) electrons. The van der Waals surface area contributed by atoms with Crippen LogP contribution in [0.15, 0.2) is 54.7 Å². The summed E-state index contributed by atoms with van der Waals surface area (Å²) >= 11 is 0. The molecule has 23 heavy (non-hydrogen) atoms. The van der Waals surface area contributed by atoms with Gasteiger partial charge in [0.05, 0.1) is 11.8 Å². The molecule has 0 aliphatic carbocycles. The number of benzene rings is 1. The third-order valence-corrected chi connectivity index (χ3v) is 4.10. The summed E-state index contributed by atoms with van der Waals surface area (Å²) in [6, 6.07) is 17.3. The molecule has 0 bridgehead atoms. The highest BCUT2D eigenvalue weighted by Gasteiger charge is 2.41. The van der Waals surface area contributed by atoms with Crippen LogP contribution in [0.5, 0.6) is 0 Å². The maximum atomic E-state index is 11.0. The fraction of sp³-hybridized carbons (Fsp3) is 0.368. The zero-order valence-corrected chi connectivity index (χ0v) is 13.7. The number of rotatable bonds is 7. The van der Waals surface area contributed by atoms with Crippen molar-refractivity contribution in [2.24, 2.45) is 0 Å². The summed E-state index contributed by atoms with van der Waals surface area (Å²) in [5, 5.41) is 20.9. The number of pyridine rings is 1. The highest BCUT2D eigenvalue weighted by atomic mass is 16.3. The number of aromatic nitrogens is 1. The number of hydrogen-bond donors (Lipinski definition) is 1. The minimum absolute atomic E-state index is 0.530. The molecule has 2 rings (SSSR count). The monoisotopic (exact) mass is 309 g/mol. The second-order valence-electron chi connectivity index (χ2n) is 6.01. The minimum atomic E-state index is -0.994. The minimum Gasteiger partial charge on any atom is -0.385 e. The van der Waals surface area contributed by atoms with Gasteiger partial charge in [0.15, 0.2) is 0 Å². The van der Waals surface area contributed by atoms with Gasteiger partial charge in [-0.1, -0.05) is 36.4 Å². The Kier molecular flexibility index (Phi) is 5.86. The summed E-state index contributed by atoms with van der Waals surface area (Å²) in [5.74, 6) is 0. The predicted molar refractivity (Wildman–Crippen MR) is 90.7 cm³/mol. The van der Waals surface area contributed by atoms with Crippen LogP contribution >= 0.6 is 0 Å². The number of hydrogen-bond acceptors (Lipinski definition) is 4. The van der Waals surface area contributed by atoms with Gasteiger partial charge in [-0.2, -0.15) is 5.26 Å². The normalized spacial score (nSPS) is 14.9. The molecule has 2 aromatic rings. The predicted octanol–water partition coefficient (Wildman–Crippen LogP) is 2.92. The van der Waals surface area contributed by atoms with Crippen LogP contribution in [-0.4, -0.2) is 35.6 Å². The Bertz CT molecular complexity index is 637. The fourth-order valence-electron chi connectivity index (χ4n) is 2.82. The first-order valence-electron chi connectivity index (χ1n) is 7.80. The van der Waals surface area contributed by atoms with Crippen LogP contribution in [-0.2, 0) is 5.41 Å². The Morgan fingerprint density at radius 3 is 2.43 bits per heavy atom. The van der Waals surface area contributed by atoms with E-state index < -0.39 is 11.5 Å². The fourth-order valence-corrected chi connectivity index (χ4v) is 2.82. The first-order chi connectivity index (χ1) is 11.1. The molecule has 1 N–H and O–H groups in total.